The number of hydrogen-bond acceptors (Lipinski definition) is 1. The van der Waals surface area contributed by atoms with E-state index in [1.807, 2.05) is 0 Å². The molecule has 3 heteroatoms. The highest BCUT2D eigenvalue weighted by Crippen LogP contribution is 2.03. The van der Waals surface area contributed by atoms with Crippen molar-refractivity contribution < 1.29 is 0 Å². The third-order valence-corrected chi connectivity index (χ3v) is 0.311. The van der Waals surface area contributed by atoms with Crippen LogP contribution in [0.1, 0.15) is 0 Å². The van der Waals surface area contributed by atoms with Gasteiger partial charge in [0.1, 0.15) is 0 Å². The summed E-state index contributed by atoms with van der Waals surface area (Å²) < 4.78 is 2.67. The Balaban J connectivity index is 2.43. The Hall–Kier alpha value is 0.130. The molecule has 0 fully saturated rings. The van der Waals surface area contributed by atoms with Crippen LogP contribution in [0, 0.1) is 6.57 Å². The fraction of sp³-hybridized carbons (Fsp3) is 0. The summed E-state index contributed by atoms with van der Waals surface area (Å²) in [5, 5.41) is 0. The molecule has 22 valence electrons. The molecule has 0 spiro atoms. The molecule has 0 atom stereocenters. The lowest BCUT2D eigenvalue weighted by Crippen LogP contribution is -0.986. The van der Waals surface area contributed by atoms with Crippen molar-refractivity contribution in [2.75, 3.05) is 0 Å². The summed E-state index contributed by atoms with van der Waals surface area (Å²) in [5.74, 6) is 0. The third-order valence-electron chi connectivity index (χ3n) is 0.0345. The standard InChI is InChI=1S/CClNS/c1-3-4-2. The van der Waals surface area contributed by atoms with Crippen LogP contribution in [0.2, 0.25) is 0 Å². The predicted molar refractivity (Wildman–Crippen MR) is 20.0 cm³/mol. The van der Waals surface area contributed by atoms with Crippen molar-refractivity contribution in [3.8, 4) is 0 Å². The summed E-state index contributed by atoms with van der Waals surface area (Å²) in [5.41, 5.74) is 0. The van der Waals surface area contributed by atoms with Crippen LogP contribution in [-0.2, 0) is 0 Å². The van der Waals surface area contributed by atoms with Gasteiger partial charge in [-0.15, -0.1) is 0 Å². The zero-order valence-electron chi connectivity index (χ0n) is 1.73. The van der Waals surface area contributed by atoms with Crippen LogP contribution in [0.5, 0.6) is 0 Å². The molecule has 0 saturated carbocycles. The van der Waals surface area contributed by atoms with E-state index in [0.717, 1.165) is 0 Å². The predicted octanol–water partition coefficient (Wildman–Crippen LogP) is 1.71. The summed E-state index contributed by atoms with van der Waals surface area (Å²) in [6.45, 7) is 5.91. The minimum absolute atomic E-state index is 0.620. The molecule has 4 heavy (non-hydrogen) atoms. The second-order valence-electron chi connectivity index (χ2n) is 0.160. The minimum Gasteiger partial charge on any atom is -0.211 e. The van der Waals surface area contributed by atoms with Crippen LogP contribution in [0.25, 0.3) is 4.25 Å². The number of rotatable bonds is 0. The van der Waals surface area contributed by atoms with Crippen LogP contribution in [-0.4, -0.2) is 0 Å². The van der Waals surface area contributed by atoms with E-state index in [1.165, 1.54) is 0 Å². The van der Waals surface area contributed by atoms with E-state index < -0.39 is 0 Å². The summed E-state index contributed by atoms with van der Waals surface area (Å²) in [7, 11) is 4.75. The summed E-state index contributed by atoms with van der Waals surface area (Å²) >= 11 is 0.620. The van der Waals surface area contributed by atoms with Crippen molar-refractivity contribution in [2.45, 2.75) is 0 Å². The average Bonchev–Trinajstić information content (AvgIpc) is 1.37. The Labute approximate surface area is 33.4 Å². The molecular formula is CClNS. The Morgan fingerprint density at radius 3 is 2.25 bits per heavy atom. The molecule has 0 aliphatic rings. The van der Waals surface area contributed by atoms with Gasteiger partial charge in [0.05, 0.1) is 0 Å². The first kappa shape index (κ1) is 4.13. The van der Waals surface area contributed by atoms with Crippen LogP contribution >= 0.6 is 21.8 Å². The van der Waals surface area contributed by atoms with Gasteiger partial charge in [-0.25, -0.2) is 10.8 Å². The Morgan fingerprint density at radius 1 is 2.00 bits per heavy atom. The second kappa shape index (κ2) is 3.13. The van der Waals surface area contributed by atoms with Crippen LogP contribution in [0.4, 0.5) is 0 Å². The molecule has 0 amide bonds. The molecule has 0 aliphatic heterocycles. The topological polar surface area (TPSA) is 4.36 Å². The molecule has 0 heterocycles. The van der Waals surface area contributed by atoms with Gasteiger partial charge in [0, 0.05) is 10.7 Å². The van der Waals surface area contributed by atoms with Gasteiger partial charge in [-0.3, -0.25) is 0 Å². The molecule has 0 aromatic heterocycles. The molecule has 0 unspecified atom stereocenters. The van der Waals surface area contributed by atoms with E-state index in [1.54, 1.807) is 0 Å². The lowest BCUT2D eigenvalue weighted by molar-refractivity contribution is 2.61. The fourth-order valence-electron chi connectivity index (χ4n) is 0. The van der Waals surface area contributed by atoms with Crippen molar-refractivity contribution in [3.05, 3.63) is 10.8 Å². The molecule has 0 aliphatic carbocycles. The Bertz CT molecular complexity index is 37.8. The van der Waals surface area contributed by atoms with Crippen molar-refractivity contribution >= 4 is 21.8 Å². The van der Waals surface area contributed by atoms with Gasteiger partial charge in [-0.1, -0.05) is 0 Å². The zero-order valence-corrected chi connectivity index (χ0v) is 3.31. The lowest BCUT2D eigenvalue weighted by Gasteiger charge is -1.41. The molecule has 0 saturated heterocycles. The van der Waals surface area contributed by atoms with Gasteiger partial charge in [0.15, 0.2) is 0 Å². The highest BCUT2D eigenvalue weighted by Gasteiger charge is 1.62. The van der Waals surface area contributed by atoms with Crippen LogP contribution in [0.15, 0.2) is 0 Å². The van der Waals surface area contributed by atoms with Gasteiger partial charge in [0.2, 0.25) is 0 Å². The lowest BCUT2D eigenvalue weighted by atomic mass is 11.9. The zero-order chi connectivity index (χ0) is 3.41. The maximum Gasteiger partial charge on any atom is 0.372 e. The first-order chi connectivity index (χ1) is 1.91. The molecule has 0 N–H and O–H groups in total. The number of halogens is 1. The van der Waals surface area contributed by atoms with E-state index in [9.17, 15) is 0 Å². The molecule has 0 aromatic rings. The second-order valence-corrected chi connectivity index (χ2v) is 0.895. The maximum atomic E-state index is 5.91. The van der Waals surface area contributed by atoms with E-state index in [2.05, 4.69) is 4.25 Å². The molecule has 0 aromatic carbocycles. The normalized spacial score (nSPS) is 5.00. The first-order valence-electron chi connectivity index (χ1n) is 0.560. The van der Waals surface area contributed by atoms with Crippen LogP contribution in [0.3, 0.4) is 0 Å². The van der Waals surface area contributed by atoms with Gasteiger partial charge >= 0.3 is 11.2 Å². The van der Waals surface area contributed by atoms with Crippen molar-refractivity contribution in [1.82, 2.24) is 0 Å². The molecule has 1 nitrogen and oxygen atoms in total. The quantitative estimate of drug-likeness (QED) is 0.326. The maximum absolute atomic E-state index is 5.91. The minimum atomic E-state index is 0.620. The Morgan fingerprint density at radius 2 is 2.25 bits per heavy atom. The van der Waals surface area contributed by atoms with Crippen LogP contribution < -0.4 is 0 Å². The summed E-state index contributed by atoms with van der Waals surface area (Å²) in [6.07, 6.45) is 0. The van der Waals surface area contributed by atoms with E-state index in [0.29, 0.717) is 11.2 Å². The molecule has 0 rings (SSSR count). The smallest absolute Gasteiger partial charge is 0.211 e. The molecule has 0 radical (unpaired) electrons. The first-order valence-corrected chi connectivity index (χ1v) is 2.16. The van der Waals surface area contributed by atoms with Crippen molar-refractivity contribution in [3.63, 3.8) is 0 Å². The van der Waals surface area contributed by atoms with Gasteiger partial charge in [-0.2, -0.15) is 0 Å². The van der Waals surface area contributed by atoms with Gasteiger partial charge in [-0.05, 0) is 0 Å². The summed E-state index contributed by atoms with van der Waals surface area (Å²) in [6, 6.07) is 0. The Kier molecular flexibility index (Phi) is 3.23. The van der Waals surface area contributed by atoms with E-state index in [4.69, 9.17) is 17.3 Å². The SMILES string of the molecule is [C-]#[N+]SCl. The molecular weight excluding hydrogens is 93.5 g/mol. The third kappa shape index (κ3) is 2.13. The largest absolute Gasteiger partial charge is 0.372 e. The summed E-state index contributed by atoms with van der Waals surface area (Å²) in [4.78, 5) is 0. The van der Waals surface area contributed by atoms with E-state index in [-0.39, 0.29) is 0 Å². The van der Waals surface area contributed by atoms with E-state index >= 15 is 0 Å². The number of hydrogen-bond donors (Lipinski definition) is 0. The molecule has 0 bridgehead atoms. The monoisotopic (exact) mass is 92.9 g/mol. The van der Waals surface area contributed by atoms with Crippen molar-refractivity contribution in [1.29, 1.82) is 0 Å². The van der Waals surface area contributed by atoms with Gasteiger partial charge in [0.25, 0.3) is 0 Å². The van der Waals surface area contributed by atoms with Crippen molar-refractivity contribution in [2.24, 2.45) is 0 Å². The fourth-order valence-corrected chi connectivity index (χ4v) is 0. The highest BCUT2D eigenvalue weighted by molar-refractivity contribution is 8.22. The number of nitrogens with zero attached hydrogens (tertiary/aromatic N) is 1. The average molecular weight is 93.5 g/mol. The highest BCUT2D eigenvalue weighted by atomic mass is 35.7. The van der Waals surface area contributed by atoms with Gasteiger partial charge < -0.3 is 0 Å².